The van der Waals surface area contributed by atoms with Crippen LogP contribution in [-0.2, 0) is 0 Å². The molecule has 0 aliphatic carbocycles. The van der Waals surface area contributed by atoms with E-state index in [1.54, 1.807) is 23.1 Å². The lowest BCUT2D eigenvalue weighted by Crippen LogP contribution is -1.93. The van der Waals surface area contributed by atoms with Crippen LogP contribution in [0.15, 0.2) is 34.8 Å². The highest BCUT2D eigenvalue weighted by molar-refractivity contribution is 8.01. The van der Waals surface area contributed by atoms with Gasteiger partial charge in [0.2, 0.25) is 4.96 Å². The molecule has 4 nitrogen and oxygen atoms in total. The van der Waals surface area contributed by atoms with Crippen LogP contribution in [-0.4, -0.2) is 27.0 Å². The number of aromatic nitrogens is 3. The highest BCUT2D eigenvalue weighted by Gasteiger charge is 2.13. The van der Waals surface area contributed by atoms with Gasteiger partial charge in [0.15, 0.2) is 4.34 Å². The minimum absolute atomic E-state index is 0.648. The van der Waals surface area contributed by atoms with Crippen molar-refractivity contribution in [3.63, 3.8) is 0 Å². The molecule has 110 valence electrons. The molecule has 1 aromatic carbocycles. The average molecular weight is 319 g/mol. The van der Waals surface area contributed by atoms with Gasteiger partial charge in [0, 0.05) is 11.3 Å². The Morgan fingerprint density at radius 3 is 2.90 bits per heavy atom. The van der Waals surface area contributed by atoms with Crippen LogP contribution in [0.1, 0.15) is 20.3 Å². The van der Waals surface area contributed by atoms with Crippen molar-refractivity contribution in [1.29, 1.82) is 0 Å². The number of hydrogen-bond acceptors (Lipinski definition) is 5. The summed E-state index contributed by atoms with van der Waals surface area (Å²) in [5.74, 6) is 1.96. The van der Waals surface area contributed by atoms with Gasteiger partial charge in [0.25, 0.3) is 0 Å². The van der Waals surface area contributed by atoms with Crippen molar-refractivity contribution in [3.8, 4) is 17.0 Å². The maximum Gasteiger partial charge on any atom is 0.213 e. The van der Waals surface area contributed by atoms with Gasteiger partial charge in [0.1, 0.15) is 5.75 Å². The monoisotopic (exact) mass is 319 g/mol. The first-order chi connectivity index (χ1) is 10.3. The third kappa shape index (κ3) is 3.06. The SMILES string of the molecule is CCCSc1nn2cc(-c3ccccc3OCC)nc2s1. The maximum absolute atomic E-state index is 5.67. The lowest BCUT2D eigenvalue weighted by atomic mass is 10.1. The standard InChI is InChI=1S/C15H17N3OS2/c1-3-9-20-15-17-18-10-12(16-14(18)21-15)11-7-5-6-8-13(11)19-4-2/h5-8,10H,3-4,9H2,1-2H3. The van der Waals surface area contributed by atoms with E-state index in [2.05, 4.69) is 17.0 Å². The van der Waals surface area contributed by atoms with Crippen molar-refractivity contribution in [1.82, 2.24) is 14.6 Å². The topological polar surface area (TPSA) is 39.4 Å². The van der Waals surface area contributed by atoms with E-state index in [0.717, 1.165) is 38.5 Å². The molecule has 0 unspecified atom stereocenters. The van der Waals surface area contributed by atoms with Crippen molar-refractivity contribution in [2.75, 3.05) is 12.4 Å². The van der Waals surface area contributed by atoms with E-state index < -0.39 is 0 Å². The van der Waals surface area contributed by atoms with Crippen LogP contribution in [0.2, 0.25) is 0 Å². The molecular weight excluding hydrogens is 302 g/mol. The third-order valence-electron chi connectivity index (χ3n) is 2.92. The van der Waals surface area contributed by atoms with E-state index in [4.69, 9.17) is 4.74 Å². The molecule has 0 aliphatic heterocycles. The number of rotatable bonds is 6. The van der Waals surface area contributed by atoms with E-state index in [0.29, 0.717) is 6.61 Å². The quantitative estimate of drug-likeness (QED) is 0.633. The smallest absolute Gasteiger partial charge is 0.213 e. The molecule has 0 bridgehead atoms. The Bertz CT molecular complexity index is 704. The molecule has 0 radical (unpaired) electrons. The summed E-state index contributed by atoms with van der Waals surface area (Å²) in [5, 5.41) is 4.57. The van der Waals surface area contributed by atoms with E-state index in [9.17, 15) is 0 Å². The largest absolute Gasteiger partial charge is 0.493 e. The van der Waals surface area contributed by atoms with Gasteiger partial charge in [-0.05, 0) is 25.5 Å². The van der Waals surface area contributed by atoms with Crippen molar-refractivity contribution >= 4 is 28.1 Å². The summed E-state index contributed by atoms with van der Waals surface area (Å²) in [4.78, 5) is 5.61. The molecule has 6 heteroatoms. The Morgan fingerprint density at radius 1 is 1.29 bits per heavy atom. The second-order valence-electron chi connectivity index (χ2n) is 4.50. The fourth-order valence-corrected chi connectivity index (χ4v) is 3.87. The van der Waals surface area contributed by atoms with Gasteiger partial charge in [0.05, 0.1) is 18.5 Å². The Hall–Kier alpha value is -1.53. The van der Waals surface area contributed by atoms with Crippen molar-refractivity contribution < 1.29 is 4.74 Å². The Kier molecular flexibility index (Phi) is 4.45. The summed E-state index contributed by atoms with van der Waals surface area (Å²) >= 11 is 3.42. The van der Waals surface area contributed by atoms with Gasteiger partial charge in [-0.2, -0.15) is 0 Å². The summed E-state index contributed by atoms with van der Waals surface area (Å²) in [6.07, 6.45) is 3.12. The number of imidazole rings is 1. The molecule has 0 aliphatic rings. The Morgan fingerprint density at radius 2 is 2.14 bits per heavy atom. The molecule has 3 aromatic rings. The van der Waals surface area contributed by atoms with Gasteiger partial charge in [-0.3, -0.25) is 0 Å². The third-order valence-corrected chi connectivity index (χ3v) is 5.18. The van der Waals surface area contributed by atoms with Crippen molar-refractivity contribution in [2.24, 2.45) is 0 Å². The number of ether oxygens (including phenoxy) is 1. The van der Waals surface area contributed by atoms with Crippen LogP contribution in [0.25, 0.3) is 16.2 Å². The molecule has 0 spiro atoms. The second kappa shape index (κ2) is 6.49. The number of para-hydroxylation sites is 1. The summed E-state index contributed by atoms with van der Waals surface area (Å²) < 4.78 is 8.61. The summed E-state index contributed by atoms with van der Waals surface area (Å²) in [5.41, 5.74) is 1.92. The number of nitrogens with zero attached hydrogens (tertiary/aromatic N) is 3. The Labute approximate surface area is 132 Å². The van der Waals surface area contributed by atoms with Crippen LogP contribution < -0.4 is 4.74 Å². The zero-order valence-corrected chi connectivity index (χ0v) is 13.7. The van der Waals surface area contributed by atoms with Crippen molar-refractivity contribution in [3.05, 3.63) is 30.5 Å². The zero-order valence-electron chi connectivity index (χ0n) is 12.1. The molecule has 2 heterocycles. The molecule has 3 rings (SSSR count). The summed E-state index contributed by atoms with van der Waals surface area (Å²) in [6, 6.07) is 7.98. The summed E-state index contributed by atoms with van der Waals surface area (Å²) in [7, 11) is 0. The minimum Gasteiger partial charge on any atom is -0.493 e. The van der Waals surface area contributed by atoms with Crippen LogP contribution >= 0.6 is 23.1 Å². The van der Waals surface area contributed by atoms with Crippen LogP contribution in [0.5, 0.6) is 5.75 Å². The molecule has 0 saturated heterocycles. The zero-order chi connectivity index (χ0) is 14.7. The van der Waals surface area contributed by atoms with E-state index in [-0.39, 0.29) is 0 Å². The lowest BCUT2D eigenvalue weighted by Gasteiger charge is -2.07. The van der Waals surface area contributed by atoms with E-state index >= 15 is 0 Å². The van der Waals surface area contributed by atoms with Crippen molar-refractivity contribution in [2.45, 2.75) is 24.6 Å². The van der Waals surface area contributed by atoms with Gasteiger partial charge in [-0.1, -0.05) is 42.2 Å². The highest BCUT2D eigenvalue weighted by atomic mass is 32.2. The number of fused-ring (bicyclic) bond motifs is 1. The summed E-state index contributed by atoms with van der Waals surface area (Å²) in [6.45, 7) is 4.81. The van der Waals surface area contributed by atoms with Crippen LogP contribution in [0.4, 0.5) is 0 Å². The average Bonchev–Trinajstić information content (AvgIpc) is 3.04. The molecular formula is C15H17N3OS2. The normalized spacial score (nSPS) is 11.1. The molecule has 0 amide bonds. The van der Waals surface area contributed by atoms with Crippen LogP contribution in [0, 0.1) is 0 Å². The molecule has 0 atom stereocenters. The minimum atomic E-state index is 0.648. The first kappa shape index (κ1) is 14.4. The maximum atomic E-state index is 5.67. The molecule has 0 fully saturated rings. The number of benzene rings is 1. The first-order valence-corrected chi connectivity index (χ1v) is 8.83. The van der Waals surface area contributed by atoms with Gasteiger partial charge < -0.3 is 4.74 Å². The fourth-order valence-electron chi connectivity index (χ4n) is 2.02. The lowest BCUT2D eigenvalue weighted by molar-refractivity contribution is 0.341. The van der Waals surface area contributed by atoms with E-state index in [1.807, 2.05) is 41.9 Å². The second-order valence-corrected chi connectivity index (χ2v) is 6.80. The van der Waals surface area contributed by atoms with E-state index in [1.165, 1.54) is 0 Å². The number of hydrogen-bond donors (Lipinski definition) is 0. The molecule has 0 N–H and O–H groups in total. The number of thioether (sulfide) groups is 1. The van der Waals surface area contributed by atoms with Gasteiger partial charge >= 0.3 is 0 Å². The molecule has 2 aromatic heterocycles. The predicted molar refractivity (Wildman–Crippen MR) is 88.5 cm³/mol. The molecule has 0 saturated carbocycles. The van der Waals surface area contributed by atoms with Gasteiger partial charge in [-0.15, -0.1) is 5.10 Å². The highest BCUT2D eigenvalue weighted by Crippen LogP contribution is 2.32. The Balaban J connectivity index is 1.93. The molecule has 21 heavy (non-hydrogen) atoms. The first-order valence-electron chi connectivity index (χ1n) is 7.03. The van der Waals surface area contributed by atoms with Crippen LogP contribution in [0.3, 0.4) is 0 Å². The van der Waals surface area contributed by atoms with Gasteiger partial charge in [-0.25, -0.2) is 9.50 Å². The fraction of sp³-hybridized carbons (Fsp3) is 0.333. The predicted octanol–water partition coefficient (Wildman–Crippen LogP) is 4.36.